The normalized spacial score (nSPS) is 10.6. The highest BCUT2D eigenvalue weighted by Gasteiger charge is 2.17. The van der Waals surface area contributed by atoms with Gasteiger partial charge in [-0.15, -0.1) is 0 Å². The van der Waals surface area contributed by atoms with E-state index >= 15 is 0 Å². The van der Waals surface area contributed by atoms with Crippen LogP contribution in [0.5, 0.6) is 5.75 Å². The summed E-state index contributed by atoms with van der Waals surface area (Å²) in [6.07, 6.45) is 0. The Kier molecular flexibility index (Phi) is 3.95. The van der Waals surface area contributed by atoms with E-state index in [9.17, 15) is 19.7 Å². The molecule has 1 heterocycles. The number of rotatable bonds is 4. The molecule has 0 fully saturated rings. The molecule has 0 N–H and O–H groups in total. The maximum atomic E-state index is 12.1. The summed E-state index contributed by atoms with van der Waals surface area (Å²) in [6, 6.07) is 3.98. The summed E-state index contributed by atoms with van der Waals surface area (Å²) in [5.41, 5.74) is -0.278. The van der Waals surface area contributed by atoms with Crippen molar-refractivity contribution >= 4 is 34.0 Å². The molecule has 0 atom stereocenters. The van der Waals surface area contributed by atoms with Crippen LogP contribution in [0.15, 0.2) is 23.0 Å². The maximum absolute atomic E-state index is 12.1. The fourth-order valence-corrected chi connectivity index (χ4v) is 2.10. The summed E-state index contributed by atoms with van der Waals surface area (Å²) in [4.78, 5) is 33.3. The van der Waals surface area contributed by atoms with Gasteiger partial charge in [0.05, 0.1) is 10.4 Å². The molecule has 1 aromatic carbocycles. The van der Waals surface area contributed by atoms with Crippen molar-refractivity contribution in [3.8, 4) is 5.75 Å². The number of pyridine rings is 1. The number of ether oxygens (including phenoxy) is 1. The van der Waals surface area contributed by atoms with Gasteiger partial charge in [0.2, 0.25) is 0 Å². The lowest BCUT2D eigenvalue weighted by Crippen LogP contribution is -2.21. The van der Waals surface area contributed by atoms with Crippen molar-refractivity contribution in [2.75, 3.05) is 6.61 Å². The van der Waals surface area contributed by atoms with E-state index in [-0.39, 0.29) is 28.8 Å². The van der Waals surface area contributed by atoms with Gasteiger partial charge in [-0.25, -0.2) is 0 Å². The zero-order valence-electron chi connectivity index (χ0n) is 11.3. The van der Waals surface area contributed by atoms with E-state index in [4.69, 9.17) is 16.3 Å². The number of halogens is 1. The number of carbonyl (C=O) groups excluding carboxylic acids is 1. The van der Waals surface area contributed by atoms with Crippen LogP contribution in [0.2, 0.25) is 5.02 Å². The highest BCUT2D eigenvalue weighted by molar-refractivity contribution is 6.33. The van der Waals surface area contributed by atoms with Crippen molar-refractivity contribution in [3.63, 3.8) is 0 Å². The minimum Gasteiger partial charge on any atom is -0.480 e. The highest BCUT2D eigenvalue weighted by atomic mass is 35.5. The van der Waals surface area contributed by atoms with Crippen LogP contribution < -0.4 is 10.3 Å². The average molecular weight is 311 g/mol. The SMILES string of the molecule is CC(=O)COc1cc2cc([N+](=O)[O-])c(Cl)cc2n(C)c1=O. The third kappa shape index (κ3) is 2.87. The second kappa shape index (κ2) is 5.53. The minimum absolute atomic E-state index is 0.0446. The molecule has 0 amide bonds. The third-order valence-electron chi connectivity index (χ3n) is 2.89. The first kappa shape index (κ1) is 15.0. The standard InChI is InChI=1S/C13H11ClN2O5/c1-7(17)6-21-12-4-8-3-11(16(19)20)9(14)5-10(8)15(2)13(12)18/h3-5H,6H2,1-2H3. The van der Waals surface area contributed by atoms with Crippen LogP contribution in [0.3, 0.4) is 0 Å². The molecule has 2 rings (SSSR count). The summed E-state index contributed by atoms with van der Waals surface area (Å²) in [6.45, 7) is 1.09. The van der Waals surface area contributed by atoms with Crippen molar-refractivity contribution in [2.24, 2.45) is 7.05 Å². The molecule has 0 aliphatic heterocycles. The number of aryl methyl sites for hydroxylation is 1. The Morgan fingerprint density at radius 2 is 2.10 bits per heavy atom. The molecule has 0 spiro atoms. The van der Waals surface area contributed by atoms with Gasteiger partial charge in [0.1, 0.15) is 11.6 Å². The maximum Gasteiger partial charge on any atom is 0.293 e. The Morgan fingerprint density at radius 1 is 1.43 bits per heavy atom. The van der Waals surface area contributed by atoms with Crippen molar-refractivity contribution in [1.29, 1.82) is 0 Å². The van der Waals surface area contributed by atoms with E-state index in [1.807, 2.05) is 0 Å². The second-order valence-electron chi connectivity index (χ2n) is 4.48. The largest absolute Gasteiger partial charge is 0.480 e. The fourth-order valence-electron chi connectivity index (χ4n) is 1.87. The van der Waals surface area contributed by atoms with Gasteiger partial charge in [-0.1, -0.05) is 11.6 Å². The van der Waals surface area contributed by atoms with Gasteiger partial charge in [0.15, 0.2) is 11.5 Å². The summed E-state index contributed by atoms with van der Waals surface area (Å²) < 4.78 is 6.40. The topological polar surface area (TPSA) is 91.4 Å². The van der Waals surface area contributed by atoms with E-state index in [1.165, 1.54) is 36.7 Å². The van der Waals surface area contributed by atoms with Crippen molar-refractivity contribution in [2.45, 2.75) is 6.92 Å². The molecule has 110 valence electrons. The van der Waals surface area contributed by atoms with Gasteiger partial charge in [-0.05, 0) is 19.1 Å². The van der Waals surface area contributed by atoms with Gasteiger partial charge >= 0.3 is 0 Å². The molecule has 0 radical (unpaired) electrons. The van der Waals surface area contributed by atoms with E-state index in [2.05, 4.69) is 0 Å². The van der Waals surface area contributed by atoms with E-state index < -0.39 is 10.5 Å². The number of nitro groups is 1. The monoisotopic (exact) mass is 310 g/mol. The molecule has 21 heavy (non-hydrogen) atoms. The number of aromatic nitrogens is 1. The number of benzene rings is 1. The van der Waals surface area contributed by atoms with Gasteiger partial charge in [-0.2, -0.15) is 0 Å². The number of nitrogens with zero attached hydrogens (tertiary/aromatic N) is 2. The van der Waals surface area contributed by atoms with Gasteiger partial charge < -0.3 is 9.30 Å². The van der Waals surface area contributed by atoms with Gasteiger partial charge in [-0.3, -0.25) is 19.7 Å². The zero-order valence-corrected chi connectivity index (χ0v) is 12.0. The molecule has 0 aliphatic carbocycles. The highest BCUT2D eigenvalue weighted by Crippen LogP contribution is 2.30. The number of hydrogen-bond donors (Lipinski definition) is 0. The molecular formula is C13H11ClN2O5. The smallest absolute Gasteiger partial charge is 0.293 e. The summed E-state index contributed by atoms with van der Waals surface area (Å²) in [7, 11) is 1.49. The molecule has 7 nitrogen and oxygen atoms in total. The molecule has 0 bridgehead atoms. The predicted molar refractivity (Wildman–Crippen MR) is 77.0 cm³/mol. The van der Waals surface area contributed by atoms with Crippen LogP contribution in [-0.4, -0.2) is 21.9 Å². The summed E-state index contributed by atoms with van der Waals surface area (Å²) >= 11 is 5.83. The van der Waals surface area contributed by atoms with E-state index in [0.717, 1.165) is 0 Å². The van der Waals surface area contributed by atoms with Crippen molar-refractivity contribution in [3.05, 3.63) is 43.7 Å². The average Bonchev–Trinajstić information content (AvgIpc) is 2.41. The Labute approximate surface area is 123 Å². The van der Waals surface area contributed by atoms with Crippen LogP contribution in [0.4, 0.5) is 5.69 Å². The first-order valence-corrected chi connectivity index (χ1v) is 6.29. The first-order chi connectivity index (χ1) is 9.81. The number of fused-ring (bicyclic) bond motifs is 1. The molecule has 0 saturated heterocycles. The fraction of sp³-hybridized carbons (Fsp3) is 0.231. The molecular weight excluding hydrogens is 300 g/mol. The number of hydrogen-bond acceptors (Lipinski definition) is 5. The molecule has 2 aromatic rings. The zero-order chi connectivity index (χ0) is 15.7. The van der Waals surface area contributed by atoms with Crippen LogP contribution >= 0.6 is 11.6 Å². The van der Waals surface area contributed by atoms with Gasteiger partial charge in [0, 0.05) is 18.5 Å². The van der Waals surface area contributed by atoms with Crippen molar-refractivity contribution < 1.29 is 14.5 Å². The molecule has 0 aliphatic rings. The molecule has 1 aromatic heterocycles. The Balaban J connectivity index is 2.67. The first-order valence-electron chi connectivity index (χ1n) is 5.91. The quantitative estimate of drug-likeness (QED) is 0.636. The number of ketones is 1. The lowest BCUT2D eigenvalue weighted by Gasteiger charge is -2.10. The summed E-state index contributed by atoms with van der Waals surface area (Å²) in [5, 5.41) is 11.3. The Hall–Kier alpha value is -2.41. The lowest BCUT2D eigenvalue weighted by atomic mass is 10.2. The predicted octanol–water partition coefficient (Wildman–Crippen LogP) is 2.07. The lowest BCUT2D eigenvalue weighted by molar-refractivity contribution is -0.384. The number of carbonyl (C=O) groups is 1. The molecule has 0 saturated carbocycles. The molecule has 0 unspecified atom stereocenters. The summed E-state index contributed by atoms with van der Waals surface area (Å²) in [5.74, 6) is -0.281. The van der Waals surface area contributed by atoms with E-state index in [1.54, 1.807) is 0 Å². The number of Topliss-reactive ketones (excluding diaryl/α,β-unsaturated/α-hetero) is 1. The Morgan fingerprint density at radius 3 is 2.67 bits per heavy atom. The number of nitro benzene ring substituents is 1. The molecule has 8 heteroatoms. The van der Waals surface area contributed by atoms with Crippen LogP contribution in [-0.2, 0) is 11.8 Å². The Bertz CT molecular complexity index is 812. The minimum atomic E-state index is -0.608. The van der Waals surface area contributed by atoms with E-state index in [0.29, 0.717) is 10.9 Å². The van der Waals surface area contributed by atoms with Crippen LogP contribution in [0.1, 0.15) is 6.92 Å². The van der Waals surface area contributed by atoms with Crippen LogP contribution in [0.25, 0.3) is 10.9 Å². The third-order valence-corrected chi connectivity index (χ3v) is 3.19. The van der Waals surface area contributed by atoms with Gasteiger partial charge in [0.25, 0.3) is 11.2 Å². The van der Waals surface area contributed by atoms with Crippen LogP contribution in [0, 0.1) is 10.1 Å². The van der Waals surface area contributed by atoms with Crippen molar-refractivity contribution in [1.82, 2.24) is 4.57 Å². The second-order valence-corrected chi connectivity index (χ2v) is 4.89.